The van der Waals surface area contributed by atoms with Gasteiger partial charge in [-0.05, 0) is 20.9 Å². The maximum absolute atomic E-state index is 11.8. The molecule has 1 aromatic heterocycles. The largest absolute Gasteiger partial charge is 0.323 e. The molecule has 1 heterocycles. The van der Waals surface area contributed by atoms with E-state index in [0.29, 0.717) is 6.54 Å². The van der Waals surface area contributed by atoms with Crippen LogP contribution in [-0.4, -0.2) is 29.3 Å². The first-order valence-corrected chi connectivity index (χ1v) is 5.43. The molecule has 0 aromatic carbocycles. The van der Waals surface area contributed by atoms with Gasteiger partial charge < -0.3 is 10.6 Å². The number of carbonyl (C=O) groups is 1. The van der Waals surface area contributed by atoms with E-state index >= 15 is 0 Å². The predicted octanol–water partition coefficient (Wildman–Crippen LogP) is 0.831. The molecule has 0 aliphatic rings. The van der Waals surface area contributed by atoms with Gasteiger partial charge in [0.2, 0.25) is 5.91 Å². The van der Waals surface area contributed by atoms with Crippen molar-refractivity contribution in [3.63, 3.8) is 0 Å². The summed E-state index contributed by atoms with van der Waals surface area (Å²) in [6.45, 7) is 6.40. The zero-order chi connectivity index (χ0) is 12.3. The SMILES string of the molecule is CNCC(C)C(=O)Nc1c(C)nn(C)c1C. The van der Waals surface area contributed by atoms with E-state index in [4.69, 9.17) is 0 Å². The zero-order valence-corrected chi connectivity index (χ0v) is 10.6. The molecule has 5 heteroatoms. The van der Waals surface area contributed by atoms with Crippen molar-refractivity contribution in [3.8, 4) is 0 Å². The van der Waals surface area contributed by atoms with Gasteiger partial charge in [0.05, 0.1) is 17.1 Å². The number of amides is 1. The molecule has 2 N–H and O–H groups in total. The molecule has 0 saturated heterocycles. The van der Waals surface area contributed by atoms with Crippen LogP contribution in [0.1, 0.15) is 18.3 Å². The summed E-state index contributed by atoms with van der Waals surface area (Å²) in [5, 5.41) is 10.2. The van der Waals surface area contributed by atoms with E-state index in [-0.39, 0.29) is 11.8 Å². The highest BCUT2D eigenvalue weighted by atomic mass is 16.1. The van der Waals surface area contributed by atoms with Crippen molar-refractivity contribution in [2.75, 3.05) is 18.9 Å². The third-order valence-electron chi connectivity index (χ3n) is 2.72. The van der Waals surface area contributed by atoms with Crippen LogP contribution < -0.4 is 10.6 Å². The quantitative estimate of drug-likeness (QED) is 0.796. The lowest BCUT2D eigenvalue weighted by Crippen LogP contribution is -2.28. The van der Waals surface area contributed by atoms with E-state index in [9.17, 15) is 4.79 Å². The van der Waals surface area contributed by atoms with Crippen LogP contribution in [0, 0.1) is 19.8 Å². The van der Waals surface area contributed by atoms with Crippen LogP contribution in [0.5, 0.6) is 0 Å². The molecule has 0 aliphatic heterocycles. The van der Waals surface area contributed by atoms with Crippen LogP contribution in [0.15, 0.2) is 0 Å². The number of hydrogen-bond donors (Lipinski definition) is 2. The van der Waals surface area contributed by atoms with Crippen LogP contribution in [0.4, 0.5) is 5.69 Å². The van der Waals surface area contributed by atoms with Crippen molar-refractivity contribution >= 4 is 11.6 Å². The van der Waals surface area contributed by atoms with E-state index in [1.807, 2.05) is 34.9 Å². The van der Waals surface area contributed by atoms with Crippen LogP contribution in [0.25, 0.3) is 0 Å². The first kappa shape index (κ1) is 12.7. The molecule has 1 unspecified atom stereocenters. The second kappa shape index (κ2) is 5.12. The van der Waals surface area contributed by atoms with E-state index in [1.165, 1.54) is 0 Å². The van der Waals surface area contributed by atoms with Gasteiger partial charge >= 0.3 is 0 Å². The van der Waals surface area contributed by atoms with Crippen molar-refractivity contribution in [1.82, 2.24) is 15.1 Å². The second-order valence-electron chi connectivity index (χ2n) is 4.12. The molecule has 16 heavy (non-hydrogen) atoms. The zero-order valence-electron chi connectivity index (χ0n) is 10.6. The molecule has 90 valence electrons. The van der Waals surface area contributed by atoms with Crippen LogP contribution >= 0.6 is 0 Å². The molecule has 1 atom stereocenters. The Morgan fingerprint density at radius 2 is 2.12 bits per heavy atom. The summed E-state index contributed by atoms with van der Waals surface area (Å²) >= 11 is 0. The summed E-state index contributed by atoms with van der Waals surface area (Å²) < 4.78 is 1.77. The summed E-state index contributed by atoms with van der Waals surface area (Å²) in [4.78, 5) is 11.8. The second-order valence-corrected chi connectivity index (χ2v) is 4.12. The molecule has 1 amide bonds. The maximum atomic E-state index is 11.8. The molecule has 1 aromatic rings. The van der Waals surface area contributed by atoms with E-state index in [2.05, 4.69) is 15.7 Å². The lowest BCUT2D eigenvalue weighted by Gasteiger charge is -2.11. The van der Waals surface area contributed by atoms with Crippen molar-refractivity contribution in [1.29, 1.82) is 0 Å². The minimum absolute atomic E-state index is 0.0218. The summed E-state index contributed by atoms with van der Waals surface area (Å²) in [7, 11) is 3.71. The average Bonchev–Trinajstić information content (AvgIpc) is 2.45. The Morgan fingerprint density at radius 3 is 2.56 bits per heavy atom. The number of aromatic nitrogens is 2. The number of nitrogens with zero attached hydrogens (tertiary/aromatic N) is 2. The maximum Gasteiger partial charge on any atom is 0.228 e. The minimum atomic E-state index is -0.0518. The molecule has 0 fully saturated rings. The summed E-state index contributed by atoms with van der Waals surface area (Å²) in [6.07, 6.45) is 0. The lowest BCUT2D eigenvalue weighted by atomic mass is 10.1. The fourth-order valence-electron chi connectivity index (χ4n) is 1.60. The van der Waals surface area contributed by atoms with Gasteiger partial charge in [-0.25, -0.2) is 0 Å². The van der Waals surface area contributed by atoms with Crippen molar-refractivity contribution in [2.24, 2.45) is 13.0 Å². The summed E-state index contributed by atoms with van der Waals surface area (Å²) in [5.74, 6) is -0.0300. The molecular formula is C11H20N4O. The van der Waals surface area contributed by atoms with Gasteiger partial charge in [0.25, 0.3) is 0 Å². The Balaban J connectivity index is 2.77. The monoisotopic (exact) mass is 224 g/mol. The highest BCUT2D eigenvalue weighted by Gasteiger charge is 2.16. The van der Waals surface area contributed by atoms with Crippen molar-refractivity contribution in [2.45, 2.75) is 20.8 Å². The van der Waals surface area contributed by atoms with E-state index in [0.717, 1.165) is 17.1 Å². The van der Waals surface area contributed by atoms with Crippen molar-refractivity contribution in [3.05, 3.63) is 11.4 Å². The Bertz CT molecular complexity index is 384. The fraction of sp³-hybridized carbons (Fsp3) is 0.636. The highest BCUT2D eigenvalue weighted by molar-refractivity contribution is 5.93. The summed E-state index contributed by atoms with van der Waals surface area (Å²) in [6, 6.07) is 0. The molecule has 0 radical (unpaired) electrons. The number of anilines is 1. The van der Waals surface area contributed by atoms with Crippen LogP contribution in [-0.2, 0) is 11.8 Å². The topological polar surface area (TPSA) is 59.0 Å². The van der Waals surface area contributed by atoms with Gasteiger partial charge in [0.15, 0.2) is 0 Å². The van der Waals surface area contributed by atoms with Crippen LogP contribution in [0.3, 0.4) is 0 Å². The van der Waals surface area contributed by atoms with Crippen LogP contribution in [0.2, 0.25) is 0 Å². The van der Waals surface area contributed by atoms with E-state index < -0.39 is 0 Å². The standard InChI is InChI=1S/C11H20N4O/c1-7(6-12-4)11(16)13-10-8(2)14-15(5)9(10)3/h7,12H,6H2,1-5H3,(H,13,16). The van der Waals surface area contributed by atoms with Gasteiger partial charge in [-0.2, -0.15) is 5.10 Å². The third kappa shape index (κ3) is 2.61. The molecule has 0 bridgehead atoms. The molecule has 0 saturated carbocycles. The minimum Gasteiger partial charge on any atom is -0.323 e. The van der Waals surface area contributed by atoms with E-state index in [1.54, 1.807) is 4.68 Å². The highest BCUT2D eigenvalue weighted by Crippen LogP contribution is 2.18. The smallest absolute Gasteiger partial charge is 0.228 e. The Labute approximate surface area is 96.2 Å². The number of rotatable bonds is 4. The molecule has 5 nitrogen and oxygen atoms in total. The predicted molar refractivity (Wildman–Crippen MR) is 64.4 cm³/mol. The number of carbonyl (C=O) groups excluding carboxylic acids is 1. The van der Waals surface area contributed by atoms with Gasteiger partial charge in [-0.1, -0.05) is 6.92 Å². The normalized spacial score (nSPS) is 12.6. The molecular weight excluding hydrogens is 204 g/mol. The number of aryl methyl sites for hydroxylation is 2. The third-order valence-corrected chi connectivity index (χ3v) is 2.72. The number of hydrogen-bond acceptors (Lipinski definition) is 3. The summed E-state index contributed by atoms with van der Waals surface area (Å²) in [5.41, 5.74) is 2.66. The molecule has 0 spiro atoms. The van der Waals surface area contributed by atoms with Gasteiger partial charge in [-0.3, -0.25) is 9.48 Å². The fourth-order valence-corrected chi connectivity index (χ4v) is 1.60. The Morgan fingerprint density at radius 1 is 1.50 bits per heavy atom. The first-order valence-electron chi connectivity index (χ1n) is 5.43. The average molecular weight is 224 g/mol. The molecule has 1 rings (SSSR count). The Kier molecular flexibility index (Phi) is 4.06. The van der Waals surface area contributed by atoms with Crippen molar-refractivity contribution < 1.29 is 4.79 Å². The lowest BCUT2D eigenvalue weighted by molar-refractivity contribution is -0.119. The number of nitrogens with one attached hydrogen (secondary N) is 2. The van der Waals surface area contributed by atoms with Gasteiger partial charge in [0, 0.05) is 19.5 Å². The van der Waals surface area contributed by atoms with Gasteiger partial charge in [-0.15, -0.1) is 0 Å². The van der Waals surface area contributed by atoms with Gasteiger partial charge in [0.1, 0.15) is 0 Å². The Hall–Kier alpha value is -1.36. The first-order chi connectivity index (χ1) is 7.47. The molecule has 0 aliphatic carbocycles.